The van der Waals surface area contributed by atoms with Crippen molar-refractivity contribution in [2.45, 2.75) is 33.2 Å². The fraction of sp³-hybridized carbons (Fsp3) is 0.353. The molecule has 0 aliphatic carbocycles. The van der Waals surface area contributed by atoms with Gasteiger partial charge in [0.1, 0.15) is 5.75 Å². The van der Waals surface area contributed by atoms with Gasteiger partial charge < -0.3 is 10.5 Å². The van der Waals surface area contributed by atoms with Crippen molar-refractivity contribution >= 4 is 0 Å². The second kappa shape index (κ2) is 6.06. The Bertz CT molecular complexity index is 608. The van der Waals surface area contributed by atoms with Crippen molar-refractivity contribution in [1.82, 2.24) is 4.98 Å². The van der Waals surface area contributed by atoms with Crippen LogP contribution in [-0.2, 0) is 6.42 Å². The van der Waals surface area contributed by atoms with Crippen LogP contribution in [0.15, 0.2) is 30.5 Å². The molecule has 0 bridgehead atoms. The van der Waals surface area contributed by atoms with Gasteiger partial charge in [0.25, 0.3) is 0 Å². The van der Waals surface area contributed by atoms with Gasteiger partial charge in [0.05, 0.1) is 18.8 Å². The summed E-state index contributed by atoms with van der Waals surface area (Å²) in [5.41, 5.74) is 11.9. The molecule has 2 N–H and O–H groups in total. The molecule has 0 fully saturated rings. The molecule has 0 amide bonds. The van der Waals surface area contributed by atoms with E-state index in [1.807, 2.05) is 12.1 Å². The Morgan fingerprint density at radius 1 is 1.25 bits per heavy atom. The number of nitrogens with two attached hydrogens (primary N) is 1. The molecule has 3 nitrogen and oxygen atoms in total. The van der Waals surface area contributed by atoms with E-state index in [1.54, 1.807) is 13.3 Å². The fourth-order valence-electron chi connectivity index (χ4n) is 2.50. The predicted molar refractivity (Wildman–Crippen MR) is 82.1 cm³/mol. The van der Waals surface area contributed by atoms with E-state index in [1.165, 1.54) is 11.1 Å². The smallest absolute Gasteiger partial charge is 0.127 e. The molecular formula is C17H22N2O. The van der Waals surface area contributed by atoms with Gasteiger partial charge in [-0.3, -0.25) is 4.98 Å². The van der Waals surface area contributed by atoms with Crippen LogP contribution in [0.2, 0.25) is 0 Å². The van der Waals surface area contributed by atoms with Gasteiger partial charge in [-0.25, -0.2) is 0 Å². The number of methoxy groups -OCH3 is 1. The van der Waals surface area contributed by atoms with Crippen LogP contribution in [0.1, 0.15) is 40.9 Å². The summed E-state index contributed by atoms with van der Waals surface area (Å²) in [6.07, 6.45) is 2.71. The highest BCUT2D eigenvalue weighted by molar-refractivity contribution is 5.49. The molecule has 0 aliphatic heterocycles. The Balaban J connectivity index is 2.53. The van der Waals surface area contributed by atoms with E-state index in [-0.39, 0.29) is 6.04 Å². The maximum absolute atomic E-state index is 6.45. The first-order valence-corrected chi connectivity index (χ1v) is 6.93. The molecule has 20 heavy (non-hydrogen) atoms. The topological polar surface area (TPSA) is 48.1 Å². The number of hydrogen-bond acceptors (Lipinski definition) is 3. The molecule has 1 unspecified atom stereocenters. The van der Waals surface area contributed by atoms with Gasteiger partial charge in [0, 0.05) is 11.8 Å². The van der Waals surface area contributed by atoms with Crippen LogP contribution in [-0.4, -0.2) is 12.1 Å². The molecule has 1 aromatic heterocycles. The van der Waals surface area contributed by atoms with Crippen LogP contribution in [0.25, 0.3) is 0 Å². The van der Waals surface area contributed by atoms with Gasteiger partial charge >= 0.3 is 0 Å². The highest BCUT2D eigenvalue weighted by Crippen LogP contribution is 2.33. The number of ether oxygens (including phenoxy) is 1. The lowest BCUT2D eigenvalue weighted by Gasteiger charge is -2.20. The molecule has 1 aromatic carbocycles. The zero-order valence-electron chi connectivity index (χ0n) is 12.6. The largest absolute Gasteiger partial charge is 0.496 e. The Morgan fingerprint density at radius 3 is 2.65 bits per heavy atom. The summed E-state index contributed by atoms with van der Waals surface area (Å²) in [5, 5.41) is 0. The van der Waals surface area contributed by atoms with Crippen molar-refractivity contribution in [3.63, 3.8) is 0 Å². The summed E-state index contributed by atoms with van der Waals surface area (Å²) < 4.78 is 5.57. The molecule has 1 heterocycles. The number of hydrogen-bond donors (Lipinski definition) is 1. The second-order valence-electron chi connectivity index (χ2n) is 5.01. The fourth-order valence-corrected chi connectivity index (χ4v) is 2.50. The van der Waals surface area contributed by atoms with E-state index in [2.05, 4.69) is 37.9 Å². The summed E-state index contributed by atoms with van der Waals surface area (Å²) in [7, 11) is 1.69. The normalized spacial score (nSPS) is 12.2. The van der Waals surface area contributed by atoms with Gasteiger partial charge in [-0.05, 0) is 43.0 Å². The molecule has 1 atom stereocenters. The molecule has 0 saturated carbocycles. The van der Waals surface area contributed by atoms with Crippen molar-refractivity contribution in [3.8, 4) is 5.75 Å². The van der Waals surface area contributed by atoms with Gasteiger partial charge in [-0.2, -0.15) is 0 Å². The van der Waals surface area contributed by atoms with Crippen molar-refractivity contribution < 1.29 is 4.74 Å². The van der Waals surface area contributed by atoms with Crippen molar-refractivity contribution in [3.05, 3.63) is 58.4 Å². The summed E-state index contributed by atoms with van der Waals surface area (Å²) in [5.74, 6) is 0.866. The average Bonchev–Trinajstić information content (AvgIpc) is 2.49. The van der Waals surface area contributed by atoms with E-state index in [0.717, 1.165) is 29.0 Å². The third-order valence-electron chi connectivity index (χ3n) is 3.85. The number of aromatic nitrogens is 1. The Labute approximate surface area is 120 Å². The average molecular weight is 270 g/mol. The lowest BCUT2D eigenvalue weighted by molar-refractivity contribution is 0.404. The Kier molecular flexibility index (Phi) is 4.40. The highest BCUT2D eigenvalue weighted by Gasteiger charge is 2.19. The van der Waals surface area contributed by atoms with E-state index in [9.17, 15) is 0 Å². The highest BCUT2D eigenvalue weighted by atomic mass is 16.5. The maximum Gasteiger partial charge on any atom is 0.127 e. The molecule has 0 radical (unpaired) electrons. The van der Waals surface area contributed by atoms with Gasteiger partial charge in [0.15, 0.2) is 0 Å². The van der Waals surface area contributed by atoms with Crippen molar-refractivity contribution in [2.75, 3.05) is 7.11 Å². The molecule has 106 valence electrons. The second-order valence-corrected chi connectivity index (χ2v) is 5.01. The van der Waals surface area contributed by atoms with Gasteiger partial charge in [-0.1, -0.05) is 25.1 Å². The first-order chi connectivity index (χ1) is 9.60. The third kappa shape index (κ3) is 2.54. The quantitative estimate of drug-likeness (QED) is 0.927. The van der Waals surface area contributed by atoms with E-state index in [0.29, 0.717) is 0 Å². The Hall–Kier alpha value is -1.87. The number of aryl methyl sites for hydroxylation is 2. The van der Waals surface area contributed by atoms with Crippen LogP contribution in [0, 0.1) is 13.8 Å². The maximum atomic E-state index is 6.45. The zero-order chi connectivity index (χ0) is 14.7. The molecule has 2 aromatic rings. The van der Waals surface area contributed by atoms with Gasteiger partial charge in [-0.15, -0.1) is 0 Å². The first kappa shape index (κ1) is 14.5. The minimum Gasteiger partial charge on any atom is -0.496 e. The SMILES string of the molecule is CCc1cccnc1C(N)c1ccc(C)c(C)c1OC. The predicted octanol–water partition coefficient (Wildman–Crippen LogP) is 3.32. The standard InChI is InChI=1S/C17H22N2O/c1-5-13-7-6-10-19-16(13)15(18)14-9-8-11(2)12(3)17(14)20-4/h6-10,15H,5,18H2,1-4H3. The molecular weight excluding hydrogens is 248 g/mol. The number of pyridine rings is 1. The van der Waals surface area contributed by atoms with Gasteiger partial charge in [0.2, 0.25) is 0 Å². The van der Waals surface area contributed by atoms with Crippen LogP contribution in [0.3, 0.4) is 0 Å². The summed E-state index contributed by atoms with van der Waals surface area (Å²) in [4.78, 5) is 4.47. The zero-order valence-corrected chi connectivity index (χ0v) is 12.6. The molecule has 0 saturated heterocycles. The Morgan fingerprint density at radius 2 is 2.00 bits per heavy atom. The van der Waals surface area contributed by atoms with Crippen LogP contribution in [0.4, 0.5) is 0 Å². The molecule has 2 rings (SSSR count). The minimum atomic E-state index is -0.264. The van der Waals surface area contributed by atoms with Crippen molar-refractivity contribution in [1.29, 1.82) is 0 Å². The molecule has 0 aliphatic rings. The summed E-state index contributed by atoms with van der Waals surface area (Å²) in [6, 6.07) is 7.89. The lowest BCUT2D eigenvalue weighted by atomic mass is 9.95. The van der Waals surface area contributed by atoms with Crippen molar-refractivity contribution in [2.24, 2.45) is 5.73 Å². The third-order valence-corrected chi connectivity index (χ3v) is 3.85. The lowest BCUT2D eigenvalue weighted by Crippen LogP contribution is -2.17. The number of rotatable bonds is 4. The number of nitrogens with zero attached hydrogens (tertiary/aromatic N) is 1. The monoisotopic (exact) mass is 270 g/mol. The first-order valence-electron chi connectivity index (χ1n) is 6.93. The van der Waals surface area contributed by atoms with E-state index < -0.39 is 0 Å². The molecule has 0 spiro atoms. The number of benzene rings is 1. The van der Waals surface area contributed by atoms with E-state index >= 15 is 0 Å². The van der Waals surface area contributed by atoms with E-state index in [4.69, 9.17) is 10.5 Å². The summed E-state index contributed by atoms with van der Waals surface area (Å²) >= 11 is 0. The van der Waals surface area contributed by atoms with Crippen LogP contribution in [0.5, 0.6) is 5.75 Å². The molecule has 3 heteroatoms. The van der Waals surface area contributed by atoms with Crippen LogP contribution >= 0.6 is 0 Å². The summed E-state index contributed by atoms with van der Waals surface area (Å²) in [6.45, 7) is 6.25. The minimum absolute atomic E-state index is 0.264. The van der Waals surface area contributed by atoms with Crippen LogP contribution < -0.4 is 10.5 Å².